The monoisotopic (exact) mass is 583 g/mol. The molecule has 0 saturated carbocycles. The molecule has 2 aliphatic rings. The molecule has 4 aromatic rings. The van der Waals surface area contributed by atoms with Crippen molar-refractivity contribution in [3.63, 3.8) is 0 Å². The van der Waals surface area contributed by atoms with E-state index in [9.17, 15) is 9.59 Å². The summed E-state index contributed by atoms with van der Waals surface area (Å²) in [6.45, 7) is 3.65. The van der Waals surface area contributed by atoms with Crippen LogP contribution in [0, 0.1) is 0 Å². The number of fused-ring (bicyclic) bond motifs is 1. The van der Waals surface area contributed by atoms with E-state index in [1.807, 2.05) is 43.3 Å². The smallest absolute Gasteiger partial charge is 0.254 e. The summed E-state index contributed by atoms with van der Waals surface area (Å²) >= 11 is 6.47. The van der Waals surface area contributed by atoms with Crippen molar-refractivity contribution in [2.45, 2.75) is 38.4 Å². The van der Waals surface area contributed by atoms with Gasteiger partial charge in [-0.15, -0.1) is 0 Å². The zero-order valence-electron chi connectivity index (χ0n) is 23.1. The fourth-order valence-corrected chi connectivity index (χ4v) is 5.46. The minimum atomic E-state index is -0.230. The lowest BCUT2D eigenvalue weighted by Gasteiger charge is -2.23. The van der Waals surface area contributed by atoms with Crippen molar-refractivity contribution < 1.29 is 14.3 Å². The van der Waals surface area contributed by atoms with Gasteiger partial charge < -0.3 is 20.3 Å². The van der Waals surface area contributed by atoms with Gasteiger partial charge in [0, 0.05) is 54.9 Å². The Labute approximate surface area is 248 Å². The van der Waals surface area contributed by atoms with Crippen LogP contribution in [0.15, 0.2) is 67.4 Å². The van der Waals surface area contributed by atoms with Gasteiger partial charge in [0.1, 0.15) is 12.9 Å². The number of rotatable bonds is 8. The van der Waals surface area contributed by atoms with Crippen LogP contribution in [0.3, 0.4) is 0 Å². The van der Waals surface area contributed by atoms with E-state index in [1.165, 1.54) is 6.33 Å². The van der Waals surface area contributed by atoms with Crippen molar-refractivity contribution in [1.29, 1.82) is 0 Å². The molecule has 0 aliphatic carbocycles. The summed E-state index contributed by atoms with van der Waals surface area (Å²) in [5, 5.41) is 6.76. The maximum Gasteiger partial charge on any atom is 0.254 e. The Morgan fingerprint density at radius 1 is 1.05 bits per heavy atom. The summed E-state index contributed by atoms with van der Waals surface area (Å²) in [4.78, 5) is 44.9. The van der Waals surface area contributed by atoms with Crippen molar-refractivity contribution >= 4 is 29.4 Å². The van der Waals surface area contributed by atoms with Crippen LogP contribution in [0.25, 0.3) is 22.4 Å². The van der Waals surface area contributed by atoms with E-state index < -0.39 is 0 Å². The minimum Gasteiger partial charge on any atom is -0.381 e. The molecule has 1 fully saturated rings. The number of nitrogens with one attached hydrogen (secondary N) is 2. The van der Waals surface area contributed by atoms with E-state index in [4.69, 9.17) is 16.3 Å². The van der Waals surface area contributed by atoms with Crippen molar-refractivity contribution in [3.05, 3.63) is 89.1 Å². The summed E-state index contributed by atoms with van der Waals surface area (Å²) in [5.41, 5.74) is 5.54. The minimum absolute atomic E-state index is 0.0416. The second-order valence-corrected chi connectivity index (χ2v) is 10.9. The Morgan fingerprint density at radius 3 is 2.55 bits per heavy atom. The molecule has 2 N–H and O–H groups in total. The Bertz CT molecular complexity index is 1590. The van der Waals surface area contributed by atoms with E-state index in [0.717, 1.165) is 40.7 Å². The third-order valence-electron chi connectivity index (χ3n) is 7.58. The van der Waals surface area contributed by atoms with Crippen molar-refractivity contribution in [2.24, 2.45) is 0 Å². The summed E-state index contributed by atoms with van der Waals surface area (Å²) < 4.78 is 5.43. The first-order chi connectivity index (χ1) is 20.4. The molecule has 0 spiro atoms. The van der Waals surface area contributed by atoms with Crippen LogP contribution in [-0.2, 0) is 16.1 Å². The Kier molecular flexibility index (Phi) is 8.07. The zero-order chi connectivity index (χ0) is 29.1. The molecule has 6 rings (SSSR count). The molecule has 2 aromatic heterocycles. The van der Waals surface area contributed by atoms with Crippen LogP contribution >= 0.6 is 11.6 Å². The van der Waals surface area contributed by atoms with Gasteiger partial charge in [-0.2, -0.15) is 0 Å². The second kappa shape index (κ2) is 12.2. The largest absolute Gasteiger partial charge is 0.381 e. The van der Waals surface area contributed by atoms with E-state index in [2.05, 4.69) is 30.6 Å². The average Bonchev–Trinajstić information content (AvgIpc) is 3.33. The van der Waals surface area contributed by atoms with Gasteiger partial charge in [0.15, 0.2) is 0 Å². The number of carbonyl (C=O) groups is 2. The maximum absolute atomic E-state index is 13.3. The highest BCUT2D eigenvalue weighted by molar-refractivity contribution is 6.33. The van der Waals surface area contributed by atoms with Gasteiger partial charge in [0.2, 0.25) is 11.9 Å². The quantitative estimate of drug-likeness (QED) is 0.307. The molecule has 0 radical (unpaired) electrons. The predicted molar refractivity (Wildman–Crippen MR) is 159 cm³/mol. The third kappa shape index (κ3) is 6.09. The first-order valence-electron chi connectivity index (χ1n) is 13.9. The number of hydrogen-bond donors (Lipinski definition) is 2. The van der Waals surface area contributed by atoms with Gasteiger partial charge in [0.25, 0.3) is 5.91 Å². The Morgan fingerprint density at radius 2 is 1.79 bits per heavy atom. The van der Waals surface area contributed by atoms with E-state index >= 15 is 0 Å². The summed E-state index contributed by atoms with van der Waals surface area (Å²) in [6.07, 6.45) is 8.34. The average molecular weight is 584 g/mol. The first kappa shape index (κ1) is 27.7. The van der Waals surface area contributed by atoms with Crippen molar-refractivity contribution in [1.82, 2.24) is 30.2 Å². The molecule has 4 heterocycles. The van der Waals surface area contributed by atoms with Gasteiger partial charge in [-0.05, 0) is 42.5 Å². The van der Waals surface area contributed by atoms with Gasteiger partial charge in [-0.1, -0.05) is 48.0 Å². The molecule has 0 bridgehead atoms. The molecule has 1 saturated heterocycles. The lowest BCUT2D eigenvalue weighted by atomic mass is 10.0. The van der Waals surface area contributed by atoms with Crippen LogP contribution in [0.5, 0.6) is 0 Å². The first-order valence-corrected chi connectivity index (χ1v) is 14.3. The number of amides is 2. The molecule has 2 aromatic carbocycles. The molecule has 214 valence electrons. The Balaban J connectivity index is 1.09. The van der Waals surface area contributed by atoms with Gasteiger partial charge in [0.05, 0.1) is 23.0 Å². The molecule has 11 heteroatoms. The lowest BCUT2D eigenvalue weighted by molar-refractivity contribution is -0.122. The standard InChI is InChI=1S/C31H30ClN7O3/c1-19(20-2-4-21(5-3-20)24-13-33-18-34-14-24)36-28(40)17-39-16-23-7-6-22(12-26(23)30(39)41)29-27(32)15-35-31(38-29)37-25-8-10-42-11-9-25/h2-7,12-15,18-19,25H,8-11,16-17H2,1H3,(H,36,40)(H,35,37,38). The Hall–Kier alpha value is -4.41. The fourth-order valence-electron chi connectivity index (χ4n) is 5.26. The van der Waals surface area contributed by atoms with Gasteiger partial charge in [-0.3, -0.25) is 9.59 Å². The SMILES string of the molecule is CC(NC(=O)CN1Cc2ccc(-c3nc(NC4CCOCC4)ncc3Cl)cc2C1=O)c1ccc(-c2cncnc2)cc1. The number of halogens is 1. The van der Waals surface area contributed by atoms with E-state index in [-0.39, 0.29) is 30.4 Å². The highest BCUT2D eigenvalue weighted by Gasteiger charge is 2.30. The molecule has 2 amide bonds. The van der Waals surface area contributed by atoms with Crippen LogP contribution in [0.1, 0.15) is 47.3 Å². The second-order valence-electron chi connectivity index (χ2n) is 10.5. The maximum atomic E-state index is 13.3. The lowest BCUT2D eigenvalue weighted by Crippen LogP contribution is -2.38. The van der Waals surface area contributed by atoms with E-state index in [1.54, 1.807) is 29.6 Å². The van der Waals surface area contributed by atoms with Crippen LogP contribution in [-0.4, -0.2) is 62.5 Å². The fraction of sp³-hybridized carbons (Fsp3) is 0.290. The number of ether oxygens (including phenoxy) is 1. The zero-order valence-corrected chi connectivity index (χ0v) is 23.8. The van der Waals surface area contributed by atoms with Crippen LogP contribution in [0.4, 0.5) is 5.95 Å². The van der Waals surface area contributed by atoms with Crippen molar-refractivity contribution in [2.75, 3.05) is 25.1 Å². The number of carbonyl (C=O) groups excluding carboxylic acids is 2. The molecule has 42 heavy (non-hydrogen) atoms. The van der Waals surface area contributed by atoms with Gasteiger partial charge >= 0.3 is 0 Å². The molecular weight excluding hydrogens is 554 g/mol. The predicted octanol–water partition coefficient (Wildman–Crippen LogP) is 4.68. The number of nitrogens with zero attached hydrogens (tertiary/aromatic N) is 5. The molecule has 1 atom stereocenters. The number of anilines is 1. The van der Waals surface area contributed by atoms with Crippen LogP contribution < -0.4 is 10.6 Å². The highest BCUT2D eigenvalue weighted by atomic mass is 35.5. The number of aromatic nitrogens is 4. The summed E-state index contributed by atoms with van der Waals surface area (Å²) in [7, 11) is 0. The molecular formula is C31H30ClN7O3. The third-order valence-corrected chi connectivity index (χ3v) is 7.85. The van der Waals surface area contributed by atoms with Crippen molar-refractivity contribution in [3.8, 4) is 22.4 Å². The molecule has 10 nitrogen and oxygen atoms in total. The summed E-state index contributed by atoms with van der Waals surface area (Å²) in [6, 6.07) is 13.5. The number of hydrogen-bond acceptors (Lipinski definition) is 8. The summed E-state index contributed by atoms with van der Waals surface area (Å²) in [5.74, 6) is 0.0613. The normalized spacial score (nSPS) is 15.8. The molecule has 2 aliphatic heterocycles. The topological polar surface area (TPSA) is 122 Å². The van der Waals surface area contributed by atoms with Gasteiger partial charge in [-0.25, -0.2) is 19.9 Å². The van der Waals surface area contributed by atoms with Crippen LogP contribution in [0.2, 0.25) is 5.02 Å². The highest BCUT2D eigenvalue weighted by Crippen LogP contribution is 2.32. The molecule has 1 unspecified atom stereocenters. The van der Waals surface area contributed by atoms with E-state index in [0.29, 0.717) is 42.0 Å². The number of benzene rings is 2.